The molecule has 0 fully saturated rings. The fourth-order valence-electron chi connectivity index (χ4n) is 2.70. The lowest BCUT2D eigenvalue weighted by Crippen LogP contribution is -2.16. The zero-order chi connectivity index (χ0) is 19.7. The van der Waals surface area contributed by atoms with Crippen molar-refractivity contribution in [3.8, 4) is 22.3 Å². The number of thiophene rings is 1. The van der Waals surface area contributed by atoms with E-state index >= 15 is 0 Å². The number of aromatic nitrogens is 1. The highest BCUT2D eigenvalue weighted by Gasteiger charge is 2.30. The Labute approximate surface area is 167 Å². The second-order valence-electron chi connectivity index (χ2n) is 6.71. The van der Waals surface area contributed by atoms with Crippen molar-refractivity contribution in [3.63, 3.8) is 0 Å². The van der Waals surface area contributed by atoms with Gasteiger partial charge in [-0.05, 0) is 29.5 Å². The molecule has 0 bridgehead atoms. The third-order valence-corrected chi connectivity index (χ3v) is 6.60. The molecular weight excluding hydrogens is 400 g/mol. The smallest absolute Gasteiger partial charge is 0.240 e. The molecule has 0 aliphatic carbocycles. The molecule has 2 aromatic heterocycles. The van der Waals surface area contributed by atoms with Crippen LogP contribution >= 0.6 is 11.3 Å². The quantitative estimate of drug-likeness (QED) is 0.643. The maximum Gasteiger partial charge on any atom is 0.240 e. The SMILES string of the molecule is CC(C)CNc1oc(-c2cccs2)nc1S(=O)(=O)c1ccc2c(c1)OCCO2. The summed E-state index contributed by atoms with van der Waals surface area (Å²) < 4.78 is 43.4. The van der Waals surface area contributed by atoms with Gasteiger partial charge < -0.3 is 19.2 Å². The van der Waals surface area contributed by atoms with E-state index < -0.39 is 9.84 Å². The summed E-state index contributed by atoms with van der Waals surface area (Å²) in [7, 11) is -3.92. The number of anilines is 1. The van der Waals surface area contributed by atoms with Crippen LogP contribution in [0.2, 0.25) is 0 Å². The van der Waals surface area contributed by atoms with E-state index in [1.54, 1.807) is 6.07 Å². The highest BCUT2D eigenvalue weighted by atomic mass is 32.2. The summed E-state index contributed by atoms with van der Waals surface area (Å²) in [6, 6.07) is 8.26. The Balaban J connectivity index is 1.77. The Morgan fingerprint density at radius 3 is 2.68 bits per heavy atom. The molecule has 0 saturated carbocycles. The van der Waals surface area contributed by atoms with Crippen molar-refractivity contribution in [3.05, 3.63) is 35.7 Å². The van der Waals surface area contributed by atoms with Crippen molar-refractivity contribution in [2.45, 2.75) is 23.8 Å². The molecule has 3 aromatic rings. The van der Waals surface area contributed by atoms with Crippen LogP contribution in [0.15, 0.2) is 50.1 Å². The van der Waals surface area contributed by atoms with Crippen LogP contribution in [0.5, 0.6) is 11.5 Å². The van der Waals surface area contributed by atoms with Crippen LogP contribution in [0.4, 0.5) is 5.88 Å². The van der Waals surface area contributed by atoms with E-state index in [1.807, 2.05) is 31.4 Å². The van der Waals surface area contributed by atoms with E-state index in [-0.39, 0.29) is 21.7 Å². The Kier molecular flexibility index (Phi) is 5.03. The molecule has 0 saturated heterocycles. The number of nitrogens with zero attached hydrogens (tertiary/aromatic N) is 1. The minimum atomic E-state index is -3.92. The lowest BCUT2D eigenvalue weighted by molar-refractivity contribution is 0.171. The first-order chi connectivity index (χ1) is 13.4. The first kappa shape index (κ1) is 18.8. The van der Waals surface area contributed by atoms with Crippen LogP contribution in [0.1, 0.15) is 13.8 Å². The second kappa shape index (κ2) is 7.48. The zero-order valence-corrected chi connectivity index (χ0v) is 17.1. The van der Waals surface area contributed by atoms with E-state index in [0.717, 1.165) is 4.88 Å². The maximum absolute atomic E-state index is 13.3. The van der Waals surface area contributed by atoms with E-state index in [9.17, 15) is 8.42 Å². The molecule has 3 heterocycles. The average Bonchev–Trinajstić information content (AvgIpc) is 3.35. The summed E-state index contributed by atoms with van der Waals surface area (Å²) in [5.74, 6) is 1.67. The number of oxazole rings is 1. The number of sulfone groups is 1. The van der Waals surface area contributed by atoms with Gasteiger partial charge in [0.05, 0.1) is 9.77 Å². The molecule has 1 aromatic carbocycles. The molecule has 0 amide bonds. The molecule has 1 N–H and O–H groups in total. The number of ether oxygens (including phenoxy) is 2. The normalized spacial score (nSPS) is 13.7. The largest absolute Gasteiger partial charge is 0.486 e. The summed E-state index contributed by atoms with van der Waals surface area (Å²) >= 11 is 1.43. The summed E-state index contributed by atoms with van der Waals surface area (Å²) in [6.07, 6.45) is 0. The summed E-state index contributed by atoms with van der Waals surface area (Å²) in [5, 5.41) is 4.83. The van der Waals surface area contributed by atoms with Gasteiger partial charge >= 0.3 is 0 Å². The third-order valence-electron chi connectivity index (χ3n) is 4.08. The van der Waals surface area contributed by atoms with E-state index in [2.05, 4.69) is 10.3 Å². The molecule has 9 heteroatoms. The van der Waals surface area contributed by atoms with Gasteiger partial charge in [-0.3, -0.25) is 0 Å². The van der Waals surface area contributed by atoms with Gasteiger partial charge in [-0.15, -0.1) is 11.3 Å². The third kappa shape index (κ3) is 3.59. The number of rotatable bonds is 6. The van der Waals surface area contributed by atoms with E-state index in [1.165, 1.54) is 23.5 Å². The van der Waals surface area contributed by atoms with E-state index in [4.69, 9.17) is 13.9 Å². The molecule has 0 spiro atoms. The number of hydrogen-bond donors (Lipinski definition) is 1. The van der Waals surface area contributed by atoms with Gasteiger partial charge in [-0.25, -0.2) is 8.42 Å². The first-order valence-electron chi connectivity index (χ1n) is 8.88. The van der Waals surface area contributed by atoms with Gasteiger partial charge in [0.1, 0.15) is 13.2 Å². The molecule has 0 unspecified atom stereocenters. The lowest BCUT2D eigenvalue weighted by atomic mass is 10.2. The predicted octanol–water partition coefficient (Wildman–Crippen LogP) is 4.08. The molecule has 4 rings (SSSR count). The van der Waals surface area contributed by atoms with Crippen molar-refractivity contribution in [2.24, 2.45) is 5.92 Å². The van der Waals surface area contributed by atoms with Crippen molar-refractivity contribution in [1.29, 1.82) is 0 Å². The lowest BCUT2D eigenvalue weighted by Gasteiger charge is -2.18. The van der Waals surface area contributed by atoms with Crippen LogP contribution in [-0.2, 0) is 9.84 Å². The van der Waals surface area contributed by atoms with Gasteiger partial charge in [0.25, 0.3) is 0 Å². The summed E-state index contributed by atoms with van der Waals surface area (Å²) in [5.41, 5.74) is 0. The minimum absolute atomic E-state index is 0.0791. The van der Waals surface area contributed by atoms with Crippen molar-refractivity contribution in [2.75, 3.05) is 25.1 Å². The second-order valence-corrected chi connectivity index (χ2v) is 9.53. The predicted molar refractivity (Wildman–Crippen MR) is 106 cm³/mol. The van der Waals surface area contributed by atoms with Crippen LogP contribution in [0.25, 0.3) is 10.8 Å². The van der Waals surface area contributed by atoms with Crippen molar-refractivity contribution in [1.82, 2.24) is 4.98 Å². The molecule has 0 radical (unpaired) electrons. The molecule has 148 valence electrons. The summed E-state index contributed by atoms with van der Waals surface area (Å²) in [6.45, 7) is 5.43. The fraction of sp³-hybridized carbons (Fsp3) is 0.316. The van der Waals surface area contributed by atoms with Gasteiger partial charge in [0.2, 0.25) is 26.6 Å². The topological polar surface area (TPSA) is 90.7 Å². The van der Waals surface area contributed by atoms with Gasteiger partial charge in [0.15, 0.2) is 11.5 Å². The highest BCUT2D eigenvalue weighted by molar-refractivity contribution is 7.91. The van der Waals surface area contributed by atoms with Crippen molar-refractivity contribution >= 4 is 27.1 Å². The molecule has 1 aliphatic heterocycles. The molecule has 7 nitrogen and oxygen atoms in total. The molecule has 0 atom stereocenters. The monoisotopic (exact) mass is 420 g/mol. The number of benzene rings is 1. The van der Waals surface area contributed by atoms with Crippen LogP contribution in [-0.4, -0.2) is 33.2 Å². The molecular formula is C19H20N2O5S2. The zero-order valence-electron chi connectivity index (χ0n) is 15.5. The number of hydrogen-bond acceptors (Lipinski definition) is 8. The molecule has 1 aliphatic rings. The van der Waals surface area contributed by atoms with E-state index in [0.29, 0.717) is 37.2 Å². The van der Waals surface area contributed by atoms with Crippen LogP contribution < -0.4 is 14.8 Å². The van der Waals surface area contributed by atoms with Crippen LogP contribution in [0.3, 0.4) is 0 Å². The minimum Gasteiger partial charge on any atom is -0.486 e. The standard InChI is InChI=1S/C19H20N2O5S2/c1-12(2)11-20-18-19(21-17(26-18)16-4-3-9-27-16)28(22,23)13-5-6-14-15(10-13)25-8-7-24-14/h3-6,9-10,12,20H,7-8,11H2,1-2H3. The number of nitrogens with one attached hydrogen (secondary N) is 1. The Morgan fingerprint density at radius 1 is 1.18 bits per heavy atom. The average molecular weight is 421 g/mol. The Morgan fingerprint density at radius 2 is 1.96 bits per heavy atom. The Hall–Kier alpha value is -2.52. The van der Waals surface area contributed by atoms with Gasteiger partial charge in [-0.1, -0.05) is 19.9 Å². The summed E-state index contributed by atoms with van der Waals surface area (Å²) in [4.78, 5) is 5.15. The van der Waals surface area contributed by atoms with Gasteiger partial charge in [-0.2, -0.15) is 4.98 Å². The number of fused-ring (bicyclic) bond motifs is 1. The fourth-order valence-corrected chi connectivity index (χ4v) is 4.65. The maximum atomic E-state index is 13.3. The molecule has 28 heavy (non-hydrogen) atoms. The van der Waals surface area contributed by atoms with Gasteiger partial charge in [0, 0.05) is 12.6 Å². The Bertz CT molecular complexity index is 1070. The van der Waals surface area contributed by atoms with Crippen LogP contribution in [0, 0.1) is 5.92 Å². The van der Waals surface area contributed by atoms with Crippen molar-refractivity contribution < 1.29 is 22.3 Å². The highest BCUT2D eigenvalue weighted by Crippen LogP contribution is 2.37. The first-order valence-corrected chi connectivity index (χ1v) is 11.2.